The van der Waals surface area contributed by atoms with Gasteiger partial charge in [0.25, 0.3) is 11.8 Å². The Hall–Kier alpha value is -2.68. The monoisotopic (exact) mass is 457 g/mol. The van der Waals surface area contributed by atoms with Gasteiger partial charge in [0, 0.05) is 22.8 Å². The summed E-state index contributed by atoms with van der Waals surface area (Å²) in [7, 11) is 0. The van der Waals surface area contributed by atoms with E-state index < -0.39 is 5.91 Å². The van der Waals surface area contributed by atoms with Gasteiger partial charge in [-0.25, -0.2) is 0 Å². The minimum Gasteiger partial charge on any atom is -0.324 e. The molecule has 0 radical (unpaired) electrons. The van der Waals surface area contributed by atoms with Crippen LogP contribution < -0.4 is 10.2 Å². The average Bonchev–Trinajstić information content (AvgIpc) is 3.14. The Morgan fingerprint density at radius 2 is 1.87 bits per heavy atom. The van der Waals surface area contributed by atoms with Crippen LogP contribution in [0.15, 0.2) is 53.4 Å². The van der Waals surface area contributed by atoms with Crippen LogP contribution in [0.5, 0.6) is 0 Å². The van der Waals surface area contributed by atoms with E-state index in [0.29, 0.717) is 37.7 Å². The first-order valence-electron chi connectivity index (χ1n) is 9.15. The summed E-state index contributed by atoms with van der Waals surface area (Å²) in [6.45, 7) is 2.07. The maximum Gasteiger partial charge on any atom is 0.266 e. The van der Waals surface area contributed by atoms with Crippen molar-refractivity contribution in [2.24, 2.45) is 0 Å². The van der Waals surface area contributed by atoms with Gasteiger partial charge in [-0.2, -0.15) is 0 Å². The van der Waals surface area contributed by atoms with E-state index in [2.05, 4.69) is 5.32 Å². The number of likely N-dealkylation sites (N-methyl/N-ethyl adjacent to an activating group) is 1. The number of carbonyl (C=O) groups is 3. The molecule has 152 valence electrons. The number of carbonyl (C=O) groups excluding carboxylic acids is 3. The summed E-state index contributed by atoms with van der Waals surface area (Å²) < 4.78 is 0.424. The van der Waals surface area contributed by atoms with Gasteiger partial charge in [-0.05, 0) is 31.2 Å². The van der Waals surface area contributed by atoms with E-state index in [1.165, 1.54) is 9.80 Å². The molecule has 0 spiro atoms. The van der Waals surface area contributed by atoms with Crippen molar-refractivity contribution in [3.05, 3.63) is 64.0 Å². The summed E-state index contributed by atoms with van der Waals surface area (Å²) in [6.07, 6.45) is 0. The van der Waals surface area contributed by atoms with Gasteiger partial charge in [-0.1, -0.05) is 59.8 Å². The van der Waals surface area contributed by atoms with E-state index in [4.69, 9.17) is 23.8 Å². The number of amides is 3. The molecule has 1 fully saturated rings. The van der Waals surface area contributed by atoms with E-state index in [9.17, 15) is 14.4 Å². The first-order chi connectivity index (χ1) is 14.4. The molecule has 0 aromatic heterocycles. The van der Waals surface area contributed by atoms with Gasteiger partial charge in [-0.3, -0.25) is 24.2 Å². The molecule has 0 bridgehead atoms. The van der Waals surface area contributed by atoms with Crippen LogP contribution in [-0.4, -0.2) is 40.0 Å². The minimum absolute atomic E-state index is 0.195. The van der Waals surface area contributed by atoms with Gasteiger partial charge in [0.2, 0.25) is 5.91 Å². The highest BCUT2D eigenvalue weighted by atomic mass is 35.5. The van der Waals surface area contributed by atoms with Gasteiger partial charge < -0.3 is 5.32 Å². The average molecular weight is 458 g/mol. The van der Waals surface area contributed by atoms with Crippen molar-refractivity contribution >= 4 is 74.6 Å². The van der Waals surface area contributed by atoms with E-state index in [1.807, 2.05) is 6.92 Å². The second-order valence-corrected chi connectivity index (χ2v) is 8.67. The molecule has 6 nitrogen and oxygen atoms in total. The van der Waals surface area contributed by atoms with E-state index in [0.717, 1.165) is 11.8 Å². The van der Waals surface area contributed by atoms with E-state index in [-0.39, 0.29) is 23.9 Å². The molecule has 0 atom stereocenters. The number of hydrogen-bond acceptors (Lipinski definition) is 5. The van der Waals surface area contributed by atoms with Crippen molar-refractivity contribution in [1.29, 1.82) is 0 Å². The number of nitrogens with one attached hydrogen (secondary N) is 1. The number of para-hydroxylation sites is 1. The number of fused-ring (bicyclic) bond motifs is 1. The molecule has 3 amide bonds. The molecule has 30 heavy (non-hydrogen) atoms. The number of nitrogens with zero attached hydrogens (tertiary/aromatic N) is 2. The lowest BCUT2D eigenvalue weighted by Crippen LogP contribution is -2.35. The summed E-state index contributed by atoms with van der Waals surface area (Å²) in [6, 6.07) is 13.9. The summed E-state index contributed by atoms with van der Waals surface area (Å²) in [4.78, 5) is 41.8. The number of thioether (sulfide) groups is 1. The van der Waals surface area contributed by atoms with Crippen LogP contribution in [0, 0.1) is 0 Å². The van der Waals surface area contributed by atoms with Crippen molar-refractivity contribution < 1.29 is 14.4 Å². The second kappa shape index (κ2) is 8.22. The normalized spacial score (nSPS) is 18.3. The zero-order valence-electron chi connectivity index (χ0n) is 15.8. The Morgan fingerprint density at radius 3 is 2.57 bits per heavy atom. The third kappa shape index (κ3) is 3.62. The lowest BCUT2D eigenvalue weighted by atomic mass is 10.1. The van der Waals surface area contributed by atoms with Gasteiger partial charge in [0.1, 0.15) is 10.9 Å². The molecule has 0 unspecified atom stereocenters. The van der Waals surface area contributed by atoms with Crippen LogP contribution in [0.1, 0.15) is 12.5 Å². The van der Waals surface area contributed by atoms with Crippen LogP contribution >= 0.6 is 35.6 Å². The van der Waals surface area contributed by atoms with Crippen molar-refractivity contribution in [3.63, 3.8) is 0 Å². The largest absolute Gasteiger partial charge is 0.324 e. The lowest BCUT2D eigenvalue weighted by molar-refractivity contribution is -0.122. The summed E-state index contributed by atoms with van der Waals surface area (Å²) >= 11 is 12.4. The molecule has 0 aliphatic carbocycles. The smallest absolute Gasteiger partial charge is 0.266 e. The predicted octanol–water partition coefficient (Wildman–Crippen LogP) is 3.92. The van der Waals surface area contributed by atoms with E-state index >= 15 is 0 Å². The number of thiocarbonyl (C=S) groups is 1. The topological polar surface area (TPSA) is 69.7 Å². The second-order valence-electron chi connectivity index (χ2n) is 6.59. The summed E-state index contributed by atoms with van der Waals surface area (Å²) in [5.74, 6) is -1.05. The van der Waals surface area contributed by atoms with E-state index in [1.54, 1.807) is 48.5 Å². The molecule has 2 heterocycles. The molecule has 2 aromatic carbocycles. The van der Waals surface area contributed by atoms with Crippen LogP contribution in [0.4, 0.5) is 11.4 Å². The molecule has 2 aliphatic rings. The molecular formula is C21H16ClN3O3S2. The molecule has 9 heteroatoms. The number of halogens is 1. The summed E-state index contributed by atoms with van der Waals surface area (Å²) in [5.41, 5.74) is 2.03. The van der Waals surface area contributed by atoms with Gasteiger partial charge in [-0.15, -0.1) is 0 Å². The Labute approximate surface area is 187 Å². The quantitative estimate of drug-likeness (QED) is 0.556. The van der Waals surface area contributed by atoms with Crippen molar-refractivity contribution in [2.45, 2.75) is 6.92 Å². The standard InChI is InChI=1S/C21H16ClN3O3S2/c1-2-24-20(28)18(30-21(24)29)17-14-8-3-4-9-15(14)25(19(17)27)11-16(26)23-13-7-5-6-12(22)10-13/h3-10H,2,11H2,1H3,(H,23,26)/b18-17-. The Bertz CT molecular complexity index is 1130. The molecule has 2 aromatic rings. The minimum atomic E-state index is -0.394. The first-order valence-corrected chi connectivity index (χ1v) is 10.8. The zero-order valence-corrected chi connectivity index (χ0v) is 18.2. The highest BCUT2D eigenvalue weighted by Gasteiger charge is 2.41. The summed E-state index contributed by atoms with van der Waals surface area (Å²) in [5, 5.41) is 3.24. The highest BCUT2D eigenvalue weighted by molar-refractivity contribution is 8.26. The number of rotatable bonds is 4. The number of hydrogen-bond donors (Lipinski definition) is 1. The third-order valence-corrected chi connectivity index (χ3v) is 6.41. The van der Waals surface area contributed by atoms with Crippen LogP contribution in [0.2, 0.25) is 5.02 Å². The highest BCUT2D eigenvalue weighted by Crippen LogP contribution is 2.44. The van der Waals surface area contributed by atoms with Gasteiger partial charge >= 0.3 is 0 Å². The van der Waals surface area contributed by atoms with Crippen LogP contribution in [0.25, 0.3) is 5.57 Å². The fourth-order valence-electron chi connectivity index (χ4n) is 3.39. The van der Waals surface area contributed by atoms with Crippen LogP contribution in [-0.2, 0) is 14.4 Å². The van der Waals surface area contributed by atoms with Crippen LogP contribution in [0.3, 0.4) is 0 Å². The molecule has 2 aliphatic heterocycles. The Kier molecular flexibility index (Phi) is 5.64. The predicted molar refractivity (Wildman–Crippen MR) is 123 cm³/mol. The SMILES string of the molecule is CCN1C(=O)/C(=C2/C(=O)N(CC(=O)Nc3cccc(Cl)c3)c3ccccc32)SC1=S. The first kappa shape index (κ1) is 20.6. The maximum atomic E-state index is 13.3. The number of benzene rings is 2. The maximum absolute atomic E-state index is 13.3. The number of anilines is 2. The van der Waals surface area contributed by atoms with Crippen molar-refractivity contribution in [3.8, 4) is 0 Å². The molecule has 0 saturated carbocycles. The molecule has 1 N–H and O–H groups in total. The molecular weight excluding hydrogens is 442 g/mol. The van der Waals surface area contributed by atoms with Crippen molar-refractivity contribution in [2.75, 3.05) is 23.3 Å². The Balaban J connectivity index is 1.66. The fraction of sp³-hybridized carbons (Fsp3) is 0.143. The fourth-order valence-corrected chi connectivity index (χ4v) is 5.03. The van der Waals surface area contributed by atoms with Crippen molar-refractivity contribution in [1.82, 2.24) is 4.90 Å². The molecule has 1 saturated heterocycles. The Morgan fingerprint density at radius 1 is 1.10 bits per heavy atom. The van der Waals surface area contributed by atoms with Gasteiger partial charge in [0.05, 0.1) is 16.2 Å². The lowest BCUT2D eigenvalue weighted by Gasteiger charge is -2.17. The zero-order chi connectivity index (χ0) is 21.4. The third-order valence-electron chi connectivity index (χ3n) is 4.73. The molecule has 4 rings (SSSR count). The van der Waals surface area contributed by atoms with Gasteiger partial charge in [0.15, 0.2) is 0 Å².